The maximum atomic E-state index is 12.9. The molecule has 0 radical (unpaired) electrons. The molecule has 0 bridgehead atoms. The molecule has 1 saturated carbocycles. The molecule has 3 rings (SSSR count). The van der Waals surface area contributed by atoms with Crippen molar-refractivity contribution in [3.63, 3.8) is 0 Å². The molecule has 0 atom stereocenters. The summed E-state index contributed by atoms with van der Waals surface area (Å²) < 4.78 is 38.8. The Hall–Kier alpha value is -2.31. The highest BCUT2D eigenvalue weighted by atomic mass is 19.4. The minimum absolute atomic E-state index is 0.0522. The lowest BCUT2D eigenvalue weighted by atomic mass is 9.80. The number of benzene rings is 1. The summed E-state index contributed by atoms with van der Waals surface area (Å²) in [6, 6.07) is 5.07. The maximum Gasteiger partial charge on any atom is 0.416 e. The third kappa shape index (κ3) is 4.08. The zero-order chi connectivity index (χ0) is 18.9. The van der Waals surface area contributed by atoms with Crippen LogP contribution in [0.25, 0.3) is 0 Å². The van der Waals surface area contributed by atoms with Crippen molar-refractivity contribution in [2.24, 2.45) is 5.92 Å². The van der Waals surface area contributed by atoms with Gasteiger partial charge in [0, 0.05) is 17.9 Å². The number of H-pyrrole nitrogens is 1. The van der Waals surface area contributed by atoms with E-state index in [2.05, 4.69) is 16.9 Å². The van der Waals surface area contributed by atoms with Crippen LogP contribution in [-0.4, -0.2) is 9.97 Å². The molecule has 26 heavy (non-hydrogen) atoms. The van der Waals surface area contributed by atoms with Crippen molar-refractivity contribution in [3.8, 4) is 0 Å². The van der Waals surface area contributed by atoms with Gasteiger partial charge >= 0.3 is 6.18 Å². The first-order chi connectivity index (χ1) is 12.2. The molecule has 0 amide bonds. The Kier molecular flexibility index (Phi) is 5.07. The molecule has 1 aromatic heterocycles. The fourth-order valence-corrected chi connectivity index (χ4v) is 3.64. The minimum atomic E-state index is -4.41. The van der Waals surface area contributed by atoms with Gasteiger partial charge in [0.2, 0.25) is 5.95 Å². The number of anilines is 1. The van der Waals surface area contributed by atoms with Gasteiger partial charge in [-0.3, -0.25) is 9.78 Å². The van der Waals surface area contributed by atoms with Gasteiger partial charge < -0.3 is 5.73 Å². The van der Waals surface area contributed by atoms with Crippen LogP contribution >= 0.6 is 0 Å². The van der Waals surface area contributed by atoms with E-state index in [4.69, 9.17) is 5.73 Å². The second kappa shape index (κ2) is 7.13. The predicted molar refractivity (Wildman–Crippen MR) is 93.9 cm³/mol. The molecule has 2 aromatic rings. The second-order valence-electron chi connectivity index (χ2n) is 7.15. The first-order valence-electron chi connectivity index (χ1n) is 8.78. The molecule has 0 aliphatic heterocycles. The van der Waals surface area contributed by atoms with Crippen LogP contribution in [0.2, 0.25) is 0 Å². The Morgan fingerprint density at radius 3 is 2.58 bits per heavy atom. The number of nitrogens with zero attached hydrogens (tertiary/aromatic N) is 1. The van der Waals surface area contributed by atoms with E-state index >= 15 is 0 Å². The Balaban J connectivity index is 1.96. The van der Waals surface area contributed by atoms with Crippen LogP contribution in [-0.2, 0) is 12.6 Å². The lowest BCUT2D eigenvalue weighted by Gasteiger charge is -2.27. The van der Waals surface area contributed by atoms with Crippen molar-refractivity contribution in [2.75, 3.05) is 5.73 Å². The summed E-state index contributed by atoms with van der Waals surface area (Å²) in [5.41, 5.74) is 6.11. The number of aromatic nitrogens is 2. The number of rotatable bonds is 3. The van der Waals surface area contributed by atoms with Crippen LogP contribution in [0.3, 0.4) is 0 Å². The lowest BCUT2D eigenvalue weighted by molar-refractivity contribution is -0.137. The van der Waals surface area contributed by atoms with Crippen LogP contribution < -0.4 is 11.3 Å². The minimum Gasteiger partial charge on any atom is -0.369 e. The molecule has 1 heterocycles. The van der Waals surface area contributed by atoms with Gasteiger partial charge in [0.25, 0.3) is 5.56 Å². The van der Waals surface area contributed by atoms with E-state index in [1.807, 2.05) is 0 Å². The number of halogens is 3. The van der Waals surface area contributed by atoms with E-state index in [1.54, 1.807) is 6.07 Å². The highest BCUT2D eigenvalue weighted by molar-refractivity contribution is 5.35. The van der Waals surface area contributed by atoms with Crippen molar-refractivity contribution in [1.29, 1.82) is 0 Å². The molecule has 0 spiro atoms. The highest BCUT2D eigenvalue weighted by Gasteiger charge is 2.31. The maximum absolute atomic E-state index is 12.9. The quantitative estimate of drug-likeness (QED) is 0.854. The Labute approximate surface area is 149 Å². The van der Waals surface area contributed by atoms with Crippen molar-refractivity contribution in [1.82, 2.24) is 9.97 Å². The third-order valence-corrected chi connectivity index (χ3v) is 5.10. The van der Waals surface area contributed by atoms with Crippen molar-refractivity contribution in [3.05, 3.63) is 57.0 Å². The number of nitrogens with one attached hydrogen (secondary N) is 1. The van der Waals surface area contributed by atoms with Gasteiger partial charge in [0.1, 0.15) is 0 Å². The standard InChI is InChI=1S/C19H22F3N3O/c1-11-5-7-13(8-6-11)16-15(17(26)25-18(23)24-16)10-12-3-2-4-14(9-12)19(20,21)22/h2-4,9,11,13H,5-8,10H2,1H3,(H3,23,24,25,26)/t11-,13-. The van der Waals surface area contributed by atoms with Crippen molar-refractivity contribution < 1.29 is 13.2 Å². The number of nitrogens with two attached hydrogens (primary N) is 1. The zero-order valence-corrected chi connectivity index (χ0v) is 14.6. The molecule has 140 valence electrons. The van der Waals surface area contributed by atoms with Gasteiger partial charge in [-0.25, -0.2) is 4.98 Å². The molecule has 0 unspecified atom stereocenters. The van der Waals surface area contributed by atoms with Gasteiger partial charge in [0.05, 0.1) is 11.3 Å². The normalized spacial score (nSPS) is 20.9. The van der Waals surface area contributed by atoms with E-state index in [-0.39, 0.29) is 23.8 Å². The summed E-state index contributed by atoms with van der Waals surface area (Å²) in [5, 5.41) is 0. The van der Waals surface area contributed by atoms with E-state index in [0.29, 0.717) is 22.7 Å². The average Bonchev–Trinajstić information content (AvgIpc) is 2.57. The fraction of sp³-hybridized carbons (Fsp3) is 0.474. The van der Waals surface area contributed by atoms with E-state index in [0.717, 1.165) is 37.8 Å². The Morgan fingerprint density at radius 2 is 1.92 bits per heavy atom. The van der Waals surface area contributed by atoms with Crippen LogP contribution in [0.4, 0.5) is 19.1 Å². The number of hydrogen-bond donors (Lipinski definition) is 2. The van der Waals surface area contributed by atoms with Crippen LogP contribution in [0.1, 0.15) is 60.9 Å². The predicted octanol–water partition coefficient (Wildman–Crippen LogP) is 4.26. The summed E-state index contributed by atoms with van der Waals surface area (Å²) in [6.45, 7) is 2.19. The molecular formula is C19H22F3N3O. The summed E-state index contributed by atoms with van der Waals surface area (Å²) in [7, 11) is 0. The number of aromatic amines is 1. The largest absolute Gasteiger partial charge is 0.416 e. The van der Waals surface area contributed by atoms with Gasteiger partial charge in [0.15, 0.2) is 0 Å². The molecule has 3 N–H and O–H groups in total. The molecule has 7 heteroatoms. The Morgan fingerprint density at radius 1 is 1.23 bits per heavy atom. The smallest absolute Gasteiger partial charge is 0.369 e. The molecule has 0 saturated heterocycles. The first-order valence-corrected chi connectivity index (χ1v) is 8.78. The first kappa shape index (κ1) is 18.5. The summed E-state index contributed by atoms with van der Waals surface area (Å²) in [4.78, 5) is 19.3. The van der Waals surface area contributed by atoms with E-state index < -0.39 is 11.7 Å². The Bertz CT molecular complexity index is 837. The fourth-order valence-electron chi connectivity index (χ4n) is 3.64. The monoisotopic (exact) mass is 365 g/mol. The average molecular weight is 365 g/mol. The SMILES string of the molecule is C[C@H]1CC[C@H](c2nc(N)[nH]c(=O)c2Cc2cccc(C(F)(F)F)c2)CC1. The summed E-state index contributed by atoms with van der Waals surface area (Å²) in [5.74, 6) is 0.811. The number of alkyl halides is 3. The van der Waals surface area contributed by atoms with E-state index in [9.17, 15) is 18.0 Å². The van der Waals surface area contributed by atoms with E-state index in [1.165, 1.54) is 6.07 Å². The number of hydrogen-bond acceptors (Lipinski definition) is 3. The van der Waals surface area contributed by atoms with Gasteiger partial charge in [-0.1, -0.05) is 38.0 Å². The van der Waals surface area contributed by atoms with Crippen LogP contribution in [0, 0.1) is 5.92 Å². The summed E-state index contributed by atoms with van der Waals surface area (Å²) >= 11 is 0. The van der Waals surface area contributed by atoms with Crippen LogP contribution in [0.5, 0.6) is 0 Å². The van der Waals surface area contributed by atoms with Crippen molar-refractivity contribution in [2.45, 2.75) is 51.1 Å². The van der Waals surface area contributed by atoms with Gasteiger partial charge in [-0.2, -0.15) is 13.2 Å². The highest BCUT2D eigenvalue weighted by Crippen LogP contribution is 2.36. The van der Waals surface area contributed by atoms with Crippen LogP contribution in [0.15, 0.2) is 29.1 Å². The van der Waals surface area contributed by atoms with Gasteiger partial charge in [-0.15, -0.1) is 0 Å². The molecule has 4 nitrogen and oxygen atoms in total. The second-order valence-corrected chi connectivity index (χ2v) is 7.15. The van der Waals surface area contributed by atoms with Crippen molar-refractivity contribution >= 4 is 5.95 Å². The molecule has 1 fully saturated rings. The molecule has 1 aromatic carbocycles. The zero-order valence-electron chi connectivity index (χ0n) is 14.6. The third-order valence-electron chi connectivity index (χ3n) is 5.10. The van der Waals surface area contributed by atoms with Gasteiger partial charge in [-0.05, 0) is 30.4 Å². The number of nitrogen functional groups attached to an aromatic ring is 1. The lowest BCUT2D eigenvalue weighted by Crippen LogP contribution is -2.24. The summed E-state index contributed by atoms with van der Waals surface area (Å²) in [6.07, 6.45) is -0.401. The molecule has 1 aliphatic carbocycles. The topological polar surface area (TPSA) is 71.8 Å². The molecule has 1 aliphatic rings. The molecular weight excluding hydrogens is 343 g/mol.